The standard InChI is InChI=1S/C36H42N6O6S6/c37-29(45)25-19-11-5-7-13-21(19)51-31(25)39-23(43)15-3-1-9-17-41-33(47)27(53-35(41)49)28-34(48)42(36(50)54-28)18-10-2-4-16-24(44)40-32-26(30(38)46)20-12-6-8-14-22(20)52-32/h1-18H2,(H2,37,45)(H2,38,46)(H,39,43)(H,40,44)/b28-27+. The zero-order valence-electron chi connectivity index (χ0n) is 29.7. The Morgan fingerprint density at radius 2 is 0.981 bits per heavy atom. The molecule has 18 heteroatoms. The van der Waals surface area contributed by atoms with Gasteiger partial charge in [-0.15, -0.1) is 22.7 Å². The highest BCUT2D eigenvalue weighted by Gasteiger charge is 2.41. The quantitative estimate of drug-likeness (QED) is 0.0838. The number of rotatable bonds is 16. The molecule has 2 saturated heterocycles. The number of nitrogens with zero attached hydrogens (tertiary/aromatic N) is 2. The summed E-state index contributed by atoms with van der Waals surface area (Å²) in [7, 11) is 0. The van der Waals surface area contributed by atoms with Crippen LogP contribution in [0.25, 0.3) is 0 Å². The van der Waals surface area contributed by atoms with Crippen LogP contribution in [0.15, 0.2) is 9.81 Å². The summed E-state index contributed by atoms with van der Waals surface area (Å²) >= 11 is 16.1. The van der Waals surface area contributed by atoms with Gasteiger partial charge in [0.2, 0.25) is 11.8 Å². The molecular weight excluding hydrogens is 805 g/mol. The van der Waals surface area contributed by atoms with Gasteiger partial charge in [-0.2, -0.15) is 0 Å². The number of thiophene rings is 2. The number of fused-ring (bicyclic) bond motifs is 2. The van der Waals surface area contributed by atoms with E-state index in [1.165, 1.54) is 32.5 Å². The number of thioether (sulfide) groups is 2. The van der Waals surface area contributed by atoms with Crippen molar-refractivity contribution < 1.29 is 28.8 Å². The lowest BCUT2D eigenvalue weighted by molar-refractivity contribution is -0.124. The summed E-state index contributed by atoms with van der Waals surface area (Å²) in [6, 6.07) is 0. The fourth-order valence-electron chi connectivity index (χ4n) is 7.13. The van der Waals surface area contributed by atoms with Gasteiger partial charge in [0.1, 0.15) is 18.6 Å². The average Bonchev–Trinajstić information content (AvgIpc) is 3.84. The van der Waals surface area contributed by atoms with E-state index in [0.29, 0.717) is 81.4 Å². The summed E-state index contributed by atoms with van der Waals surface area (Å²) in [5.41, 5.74) is 14.1. The predicted molar refractivity (Wildman–Crippen MR) is 224 cm³/mol. The number of anilines is 2. The minimum Gasteiger partial charge on any atom is -0.365 e. The molecule has 12 nitrogen and oxygen atoms in total. The number of carbonyl (C=O) groups is 6. The van der Waals surface area contributed by atoms with Gasteiger partial charge in [0.15, 0.2) is 0 Å². The van der Waals surface area contributed by atoms with E-state index in [1.807, 2.05) is 0 Å². The highest BCUT2D eigenvalue weighted by Crippen LogP contribution is 2.43. The topological polar surface area (TPSA) is 185 Å². The first-order valence-corrected chi connectivity index (χ1v) is 22.3. The van der Waals surface area contributed by atoms with Gasteiger partial charge in [-0.3, -0.25) is 38.6 Å². The number of hydrogen-bond donors (Lipinski definition) is 4. The fraction of sp³-hybridized carbons (Fsp3) is 0.500. The molecule has 6 N–H and O–H groups in total. The predicted octanol–water partition coefficient (Wildman–Crippen LogP) is 6.40. The molecule has 2 aliphatic heterocycles. The van der Waals surface area contributed by atoms with Gasteiger partial charge < -0.3 is 22.1 Å². The molecule has 4 heterocycles. The van der Waals surface area contributed by atoms with Crippen molar-refractivity contribution in [1.29, 1.82) is 0 Å². The Labute approximate surface area is 341 Å². The summed E-state index contributed by atoms with van der Waals surface area (Å²) in [5, 5.41) is 6.86. The largest absolute Gasteiger partial charge is 0.365 e. The monoisotopic (exact) mass is 846 g/mol. The maximum absolute atomic E-state index is 13.4. The zero-order valence-corrected chi connectivity index (χ0v) is 34.6. The lowest BCUT2D eigenvalue weighted by atomic mass is 9.95. The Hall–Kier alpha value is -3.16. The zero-order chi connectivity index (χ0) is 38.5. The van der Waals surface area contributed by atoms with Crippen LogP contribution in [0.5, 0.6) is 0 Å². The molecule has 2 aromatic heterocycles. The first-order chi connectivity index (χ1) is 25.9. The molecule has 0 atom stereocenters. The van der Waals surface area contributed by atoms with Crippen molar-refractivity contribution in [1.82, 2.24) is 9.80 Å². The highest BCUT2D eigenvalue weighted by molar-refractivity contribution is 8.29. The second kappa shape index (κ2) is 18.2. The summed E-state index contributed by atoms with van der Waals surface area (Å²) in [4.78, 5) is 82.3. The Kier molecular flexibility index (Phi) is 13.6. The van der Waals surface area contributed by atoms with Gasteiger partial charge in [0.25, 0.3) is 23.6 Å². The number of unbranched alkanes of at least 4 members (excludes halogenated alkanes) is 4. The number of thiocarbonyl (C=S) groups is 2. The molecule has 0 unspecified atom stereocenters. The molecule has 288 valence electrons. The van der Waals surface area contributed by atoms with Crippen LogP contribution >= 0.6 is 70.6 Å². The molecule has 0 radical (unpaired) electrons. The Bertz CT molecular complexity index is 1820. The molecule has 0 saturated carbocycles. The summed E-state index contributed by atoms with van der Waals surface area (Å²) in [6.45, 7) is 0.734. The maximum atomic E-state index is 13.4. The van der Waals surface area contributed by atoms with Crippen molar-refractivity contribution in [2.45, 2.75) is 103 Å². The summed E-state index contributed by atoms with van der Waals surface area (Å²) in [6.07, 6.45) is 11.8. The molecule has 4 aliphatic rings. The number of primary amides is 2. The Morgan fingerprint density at radius 3 is 1.37 bits per heavy atom. The van der Waals surface area contributed by atoms with E-state index in [9.17, 15) is 28.8 Å². The Morgan fingerprint density at radius 1 is 0.593 bits per heavy atom. The van der Waals surface area contributed by atoms with Gasteiger partial charge >= 0.3 is 0 Å². The normalized spacial score (nSPS) is 18.3. The van der Waals surface area contributed by atoms with Crippen LogP contribution in [-0.4, -0.2) is 67.0 Å². The molecular formula is C36H42N6O6S6. The molecule has 2 aromatic rings. The van der Waals surface area contributed by atoms with Crippen molar-refractivity contribution in [3.8, 4) is 0 Å². The first kappa shape index (κ1) is 40.5. The average molecular weight is 847 g/mol. The van der Waals surface area contributed by atoms with Gasteiger partial charge in [0.05, 0.1) is 20.9 Å². The number of aryl methyl sites for hydroxylation is 2. The molecule has 6 amide bonds. The van der Waals surface area contributed by atoms with Gasteiger partial charge in [-0.1, -0.05) is 60.8 Å². The third kappa shape index (κ3) is 9.10. The van der Waals surface area contributed by atoms with Gasteiger partial charge in [-0.05, 0) is 88.2 Å². The number of amides is 6. The van der Waals surface area contributed by atoms with Gasteiger partial charge in [-0.25, -0.2) is 0 Å². The van der Waals surface area contributed by atoms with Crippen molar-refractivity contribution in [2.75, 3.05) is 23.7 Å². The minimum atomic E-state index is -0.514. The van der Waals surface area contributed by atoms with Crippen LogP contribution < -0.4 is 22.1 Å². The molecule has 2 aliphatic carbocycles. The van der Waals surface area contributed by atoms with Crippen LogP contribution in [0, 0.1) is 0 Å². The van der Waals surface area contributed by atoms with E-state index >= 15 is 0 Å². The molecule has 2 fully saturated rings. The third-order valence-corrected chi connectivity index (χ3v) is 15.3. The second-order valence-corrected chi connectivity index (χ2v) is 19.1. The van der Waals surface area contributed by atoms with Crippen LogP contribution in [0.4, 0.5) is 10.0 Å². The number of nitrogens with two attached hydrogens (primary N) is 2. The second-order valence-electron chi connectivity index (χ2n) is 13.6. The molecule has 0 bridgehead atoms. The Balaban J connectivity index is 0.915. The molecule has 0 spiro atoms. The van der Waals surface area contributed by atoms with E-state index in [4.69, 9.17) is 35.9 Å². The van der Waals surface area contributed by atoms with Crippen molar-refractivity contribution in [3.63, 3.8) is 0 Å². The van der Waals surface area contributed by atoms with Crippen LogP contribution in [0.2, 0.25) is 0 Å². The van der Waals surface area contributed by atoms with E-state index in [-0.39, 0.29) is 46.3 Å². The maximum Gasteiger partial charge on any atom is 0.267 e. The minimum absolute atomic E-state index is 0.179. The van der Waals surface area contributed by atoms with E-state index in [0.717, 1.165) is 95.8 Å². The molecule has 0 aromatic carbocycles. The van der Waals surface area contributed by atoms with Crippen LogP contribution in [0.1, 0.15) is 119 Å². The molecule has 54 heavy (non-hydrogen) atoms. The third-order valence-electron chi connectivity index (χ3n) is 9.82. The van der Waals surface area contributed by atoms with Crippen molar-refractivity contribution in [3.05, 3.63) is 41.8 Å². The van der Waals surface area contributed by atoms with E-state index in [2.05, 4.69) is 10.6 Å². The first-order valence-electron chi connectivity index (χ1n) is 18.2. The SMILES string of the molecule is NC(=O)c1c(NC(=O)CCCCCN2C(=O)/C(=C3\SC(=S)N(CCCCCC(=O)Nc4sc5c(c4C(N)=O)CCCC5)C3=O)SC2=S)sc2c1CCCC2. The molecule has 6 rings (SSSR count). The van der Waals surface area contributed by atoms with Crippen molar-refractivity contribution >= 4 is 125 Å². The number of nitrogens with one attached hydrogen (secondary N) is 2. The fourth-order valence-corrected chi connectivity index (χ4v) is 12.5. The lowest BCUT2D eigenvalue weighted by Crippen LogP contribution is -2.31. The van der Waals surface area contributed by atoms with Crippen LogP contribution in [-0.2, 0) is 44.9 Å². The summed E-state index contributed by atoms with van der Waals surface area (Å²) in [5.74, 6) is -2.02. The number of hydrogen-bond acceptors (Lipinski definition) is 12. The van der Waals surface area contributed by atoms with Crippen molar-refractivity contribution in [2.24, 2.45) is 11.5 Å². The number of carbonyl (C=O) groups excluding carboxylic acids is 6. The highest BCUT2D eigenvalue weighted by atomic mass is 32.2. The smallest absolute Gasteiger partial charge is 0.267 e. The van der Waals surface area contributed by atoms with Gasteiger partial charge in [0, 0.05) is 35.7 Å². The summed E-state index contributed by atoms with van der Waals surface area (Å²) < 4.78 is 0.755. The van der Waals surface area contributed by atoms with E-state index in [1.54, 1.807) is 0 Å². The van der Waals surface area contributed by atoms with E-state index < -0.39 is 11.8 Å². The lowest BCUT2D eigenvalue weighted by Gasteiger charge is -2.14. The van der Waals surface area contributed by atoms with Crippen LogP contribution in [0.3, 0.4) is 0 Å².